The molecule has 7 nitrogen and oxygen atoms in total. The summed E-state index contributed by atoms with van der Waals surface area (Å²) in [5.74, 6) is -1.66. The maximum atomic E-state index is 13.5. The van der Waals surface area contributed by atoms with Crippen LogP contribution in [0.5, 0.6) is 5.75 Å². The summed E-state index contributed by atoms with van der Waals surface area (Å²) in [4.78, 5) is 8.89. The van der Waals surface area contributed by atoms with Gasteiger partial charge >= 0.3 is 5.69 Å². The Labute approximate surface area is 112 Å². The number of halogens is 2. The van der Waals surface area contributed by atoms with Gasteiger partial charge in [-0.3, -0.25) is 10.1 Å². The summed E-state index contributed by atoms with van der Waals surface area (Å²) >= 11 is 5.22. The van der Waals surface area contributed by atoms with Gasteiger partial charge in [0.1, 0.15) is 17.3 Å². The van der Waals surface area contributed by atoms with Crippen molar-refractivity contribution >= 4 is 27.3 Å². The average molecular weight is 311 g/mol. The SMILES string of the molecule is NS(=O)(=O)c1cc([N+](=O)[O-])c(OC/C=C/Cl)cc1F. The third-order valence-electron chi connectivity index (χ3n) is 1.94. The van der Waals surface area contributed by atoms with E-state index in [1.807, 2.05) is 0 Å². The number of hydrogen-bond donors (Lipinski definition) is 1. The van der Waals surface area contributed by atoms with E-state index in [0.717, 1.165) is 5.54 Å². The van der Waals surface area contributed by atoms with Crippen LogP contribution in [0.25, 0.3) is 0 Å². The van der Waals surface area contributed by atoms with Crippen molar-refractivity contribution in [3.63, 3.8) is 0 Å². The molecule has 0 spiro atoms. The highest BCUT2D eigenvalue weighted by molar-refractivity contribution is 7.89. The fourth-order valence-corrected chi connectivity index (χ4v) is 1.85. The molecular formula is C9H8ClFN2O5S. The number of nitro groups is 1. The minimum Gasteiger partial charge on any atom is -0.482 e. The fraction of sp³-hybridized carbons (Fsp3) is 0.111. The second kappa shape index (κ2) is 5.95. The van der Waals surface area contributed by atoms with Gasteiger partial charge in [0.15, 0.2) is 5.75 Å². The Kier molecular flexibility index (Phi) is 4.81. The second-order valence-corrected chi connectivity index (χ2v) is 5.01. The van der Waals surface area contributed by atoms with Crippen molar-refractivity contribution in [3.05, 3.63) is 39.7 Å². The smallest absolute Gasteiger partial charge is 0.312 e. The molecule has 0 bridgehead atoms. The lowest BCUT2D eigenvalue weighted by Crippen LogP contribution is -2.15. The molecule has 0 saturated carbocycles. The van der Waals surface area contributed by atoms with E-state index in [1.165, 1.54) is 6.08 Å². The van der Waals surface area contributed by atoms with E-state index in [4.69, 9.17) is 21.5 Å². The van der Waals surface area contributed by atoms with Crippen LogP contribution in [0.4, 0.5) is 10.1 Å². The van der Waals surface area contributed by atoms with Crippen LogP contribution in [-0.4, -0.2) is 19.9 Å². The lowest BCUT2D eigenvalue weighted by molar-refractivity contribution is -0.386. The van der Waals surface area contributed by atoms with E-state index in [9.17, 15) is 22.9 Å². The van der Waals surface area contributed by atoms with E-state index >= 15 is 0 Å². The lowest BCUT2D eigenvalue weighted by atomic mass is 10.3. The zero-order chi connectivity index (χ0) is 14.6. The molecule has 0 amide bonds. The Morgan fingerprint density at radius 1 is 1.53 bits per heavy atom. The van der Waals surface area contributed by atoms with E-state index in [-0.39, 0.29) is 6.61 Å². The maximum absolute atomic E-state index is 13.5. The molecule has 0 aromatic heterocycles. The van der Waals surface area contributed by atoms with Gasteiger partial charge in [0.25, 0.3) is 0 Å². The Morgan fingerprint density at radius 2 is 2.16 bits per heavy atom. The predicted octanol–water partition coefficient (Wildman–Crippen LogP) is 1.51. The van der Waals surface area contributed by atoms with Crippen molar-refractivity contribution in [2.75, 3.05) is 6.61 Å². The average Bonchev–Trinajstić information content (AvgIpc) is 2.27. The van der Waals surface area contributed by atoms with Gasteiger partial charge in [-0.2, -0.15) is 0 Å². The second-order valence-electron chi connectivity index (χ2n) is 3.23. The van der Waals surface area contributed by atoms with Crippen LogP contribution in [0.3, 0.4) is 0 Å². The summed E-state index contributed by atoms with van der Waals surface area (Å²) in [5, 5.41) is 15.5. The summed E-state index contributed by atoms with van der Waals surface area (Å²) < 4.78 is 40.5. The van der Waals surface area contributed by atoms with Gasteiger partial charge in [-0.05, 0) is 6.08 Å². The molecule has 1 aromatic carbocycles. The molecule has 2 N–H and O–H groups in total. The van der Waals surface area contributed by atoms with Gasteiger partial charge in [0, 0.05) is 17.7 Å². The minimum atomic E-state index is -4.40. The standard InChI is InChI=1S/C9H8ClFN2O5S/c10-2-1-3-18-8-4-6(11)9(19(12,16)17)5-7(8)13(14)15/h1-2,4-5H,3H2,(H2,12,16,17)/b2-1+. The Hall–Kier alpha value is -1.71. The van der Waals surface area contributed by atoms with Gasteiger partial charge in [0.05, 0.1) is 4.92 Å². The number of benzene rings is 1. The summed E-state index contributed by atoms with van der Waals surface area (Å²) in [6.45, 7) is -0.140. The lowest BCUT2D eigenvalue weighted by Gasteiger charge is -2.07. The molecule has 10 heteroatoms. The largest absolute Gasteiger partial charge is 0.482 e. The van der Waals surface area contributed by atoms with Crippen LogP contribution in [0.1, 0.15) is 0 Å². The van der Waals surface area contributed by atoms with Crippen molar-refractivity contribution in [2.24, 2.45) is 5.14 Å². The highest BCUT2D eigenvalue weighted by atomic mass is 35.5. The van der Waals surface area contributed by atoms with E-state index in [1.54, 1.807) is 0 Å². The first kappa shape index (κ1) is 15.3. The summed E-state index contributed by atoms with van der Waals surface area (Å²) in [6, 6.07) is 1.09. The van der Waals surface area contributed by atoms with Gasteiger partial charge in [-0.25, -0.2) is 17.9 Å². The number of rotatable bonds is 5. The zero-order valence-corrected chi connectivity index (χ0v) is 10.8. The van der Waals surface area contributed by atoms with Gasteiger partial charge in [-0.1, -0.05) is 11.6 Å². The van der Waals surface area contributed by atoms with Crippen molar-refractivity contribution in [1.82, 2.24) is 0 Å². The number of nitrogens with two attached hydrogens (primary N) is 1. The van der Waals surface area contributed by atoms with Crippen LogP contribution >= 0.6 is 11.6 Å². The number of primary sulfonamides is 1. The topological polar surface area (TPSA) is 113 Å². The number of hydrogen-bond acceptors (Lipinski definition) is 5. The molecule has 1 aromatic rings. The van der Waals surface area contributed by atoms with Gasteiger partial charge in [-0.15, -0.1) is 0 Å². The third-order valence-corrected chi connectivity index (χ3v) is 3.04. The van der Waals surface area contributed by atoms with Gasteiger partial charge in [0.2, 0.25) is 10.0 Å². The molecule has 0 heterocycles. The van der Waals surface area contributed by atoms with Crippen LogP contribution < -0.4 is 9.88 Å². The van der Waals surface area contributed by atoms with Crippen LogP contribution in [0.2, 0.25) is 0 Å². The van der Waals surface area contributed by atoms with Crippen molar-refractivity contribution in [3.8, 4) is 5.75 Å². The first-order valence-corrected chi connectivity index (χ1v) is 6.64. The van der Waals surface area contributed by atoms with E-state index in [2.05, 4.69) is 0 Å². The molecule has 0 aliphatic rings. The molecule has 1 rings (SSSR count). The molecule has 19 heavy (non-hydrogen) atoms. The molecule has 0 atom stereocenters. The predicted molar refractivity (Wildman–Crippen MR) is 64.9 cm³/mol. The van der Waals surface area contributed by atoms with Gasteiger partial charge < -0.3 is 4.74 Å². The first-order valence-electron chi connectivity index (χ1n) is 4.66. The molecular weight excluding hydrogens is 303 g/mol. The first-order chi connectivity index (χ1) is 8.77. The Bertz CT molecular complexity index is 632. The number of ether oxygens (including phenoxy) is 1. The van der Waals surface area contributed by atoms with E-state index < -0.39 is 37.1 Å². The molecule has 0 aliphatic heterocycles. The summed E-state index contributed by atoms with van der Waals surface area (Å²) in [6.07, 6.45) is 1.32. The maximum Gasteiger partial charge on any atom is 0.312 e. The Balaban J connectivity index is 3.33. The highest BCUT2D eigenvalue weighted by Crippen LogP contribution is 2.31. The zero-order valence-electron chi connectivity index (χ0n) is 9.25. The van der Waals surface area contributed by atoms with Crippen LogP contribution in [0.15, 0.2) is 28.6 Å². The molecule has 0 aliphatic carbocycles. The molecule has 0 radical (unpaired) electrons. The highest BCUT2D eigenvalue weighted by Gasteiger charge is 2.24. The minimum absolute atomic E-state index is 0.140. The Morgan fingerprint density at radius 3 is 2.63 bits per heavy atom. The monoisotopic (exact) mass is 310 g/mol. The molecule has 0 fully saturated rings. The fourth-order valence-electron chi connectivity index (χ4n) is 1.17. The molecule has 104 valence electrons. The molecule has 0 saturated heterocycles. The normalized spacial score (nSPS) is 11.7. The summed E-state index contributed by atoms with van der Waals surface area (Å²) in [7, 11) is -4.40. The quantitative estimate of drug-likeness (QED) is 0.654. The van der Waals surface area contributed by atoms with Crippen molar-refractivity contribution < 1.29 is 22.5 Å². The van der Waals surface area contributed by atoms with Crippen LogP contribution in [-0.2, 0) is 10.0 Å². The number of nitro benzene ring substituents is 1. The molecule has 0 unspecified atom stereocenters. The third kappa shape index (κ3) is 3.88. The number of nitrogens with zero attached hydrogens (tertiary/aromatic N) is 1. The van der Waals surface area contributed by atoms with Crippen molar-refractivity contribution in [1.29, 1.82) is 0 Å². The number of sulfonamides is 1. The summed E-state index contributed by atoms with van der Waals surface area (Å²) in [5.41, 5.74) is 0.398. The van der Waals surface area contributed by atoms with E-state index in [0.29, 0.717) is 12.1 Å². The van der Waals surface area contributed by atoms with Crippen LogP contribution in [0, 0.1) is 15.9 Å². The van der Waals surface area contributed by atoms with Crippen molar-refractivity contribution in [2.45, 2.75) is 4.90 Å².